The van der Waals surface area contributed by atoms with E-state index in [2.05, 4.69) is 15.3 Å². The Kier molecular flexibility index (Phi) is 4.60. The number of nitrogens with one attached hydrogen (secondary N) is 1. The number of imidazole rings is 1. The van der Waals surface area contributed by atoms with Crippen LogP contribution in [-0.2, 0) is 11.2 Å². The molecule has 1 aliphatic carbocycles. The highest BCUT2D eigenvalue weighted by atomic mass is 32.1. The quantitative estimate of drug-likeness (QED) is 0.691. The molecule has 0 bridgehead atoms. The molecular formula is C18H20N4O3S. The molecule has 1 saturated carbocycles. The number of thiazole rings is 1. The fourth-order valence-electron chi connectivity index (χ4n) is 3.34. The number of carbonyl (C=O) groups is 1. The third-order valence-corrected chi connectivity index (χ3v) is 5.52. The molecule has 3 aromatic heterocycles. The van der Waals surface area contributed by atoms with E-state index in [1.165, 1.54) is 11.3 Å². The summed E-state index contributed by atoms with van der Waals surface area (Å²) < 4.78 is 7.16. The number of aliphatic hydroxyl groups is 1. The average Bonchev–Trinajstić information content (AvgIpc) is 3.18. The van der Waals surface area contributed by atoms with Gasteiger partial charge in [0.05, 0.1) is 37.6 Å². The number of hydrogen-bond donors (Lipinski definition) is 2. The van der Waals surface area contributed by atoms with Crippen molar-refractivity contribution in [1.82, 2.24) is 19.7 Å². The predicted octanol–water partition coefficient (Wildman–Crippen LogP) is 1.97. The molecule has 7 nitrogen and oxygen atoms in total. The molecule has 1 fully saturated rings. The minimum absolute atomic E-state index is 0.0926. The van der Waals surface area contributed by atoms with Gasteiger partial charge in [-0.15, -0.1) is 11.3 Å². The molecule has 2 N–H and O–H groups in total. The molecule has 3 aromatic rings. The van der Waals surface area contributed by atoms with Crippen LogP contribution in [-0.4, -0.2) is 38.6 Å². The second-order valence-corrected chi connectivity index (χ2v) is 7.46. The van der Waals surface area contributed by atoms with Crippen LogP contribution in [0.25, 0.3) is 4.96 Å². The van der Waals surface area contributed by atoms with Gasteiger partial charge >= 0.3 is 0 Å². The zero-order valence-electron chi connectivity index (χ0n) is 14.3. The Morgan fingerprint density at radius 3 is 3.08 bits per heavy atom. The third-order valence-electron chi connectivity index (χ3n) is 4.75. The number of nitrogens with zero attached hydrogens (tertiary/aromatic N) is 3. The van der Waals surface area contributed by atoms with Crippen LogP contribution in [0.1, 0.15) is 30.1 Å². The normalized spacial score (nSPS) is 20.5. The topological polar surface area (TPSA) is 88.8 Å². The molecule has 1 amide bonds. The van der Waals surface area contributed by atoms with Crippen LogP contribution >= 0.6 is 11.3 Å². The molecule has 136 valence electrons. The molecule has 0 unspecified atom stereocenters. The van der Waals surface area contributed by atoms with Gasteiger partial charge in [-0.3, -0.25) is 14.2 Å². The van der Waals surface area contributed by atoms with Crippen LogP contribution < -0.4 is 10.1 Å². The van der Waals surface area contributed by atoms with E-state index >= 15 is 0 Å². The third kappa shape index (κ3) is 3.42. The zero-order valence-corrected chi connectivity index (χ0v) is 15.1. The number of methoxy groups -OCH3 is 1. The summed E-state index contributed by atoms with van der Waals surface area (Å²) in [4.78, 5) is 22.1. The van der Waals surface area contributed by atoms with Gasteiger partial charge in [0.1, 0.15) is 5.75 Å². The first-order valence-electron chi connectivity index (χ1n) is 8.50. The molecule has 3 heterocycles. The highest BCUT2D eigenvalue weighted by Crippen LogP contribution is 2.38. The van der Waals surface area contributed by atoms with Gasteiger partial charge in [-0.25, -0.2) is 4.98 Å². The molecule has 1 aliphatic rings. The van der Waals surface area contributed by atoms with Gasteiger partial charge in [-0.1, -0.05) is 0 Å². The molecule has 1 atom stereocenters. The van der Waals surface area contributed by atoms with Crippen molar-refractivity contribution in [1.29, 1.82) is 0 Å². The van der Waals surface area contributed by atoms with Crippen molar-refractivity contribution < 1.29 is 14.6 Å². The summed E-state index contributed by atoms with van der Waals surface area (Å²) in [7, 11) is 1.59. The zero-order chi connectivity index (χ0) is 18.1. The average molecular weight is 372 g/mol. The van der Waals surface area contributed by atoms with Crippen molar-refractivity contribution in [2.75, 3.05) is 7.11 Å². The van der Waals surface area contributed by atoms with E-state index in [0.717, 1.165) is 16.2 Å². The molecule has 4 rings (SSSR count). The van der Waals surface area contributed by atoms with E-state index in [1.54, 1.807) is 19.5 Å². The molecule has 26 heavy (non-hydrogen) atoms. The number of hydrogen-bond acceptors (Lipinski definition) is 6. The van der Waals surface area contributed by atoms with Crippen LogP contribution in [0.15, 0.2) is 36.2 Å². The fraction of sp³-hybridized carbons (Fsp3) is 0.389. The fourth-order valence-corrected chi connectivity index (χ4v) is 4.06. The summed E-state index contributed by atoms with van der Waals surface area (Å²) in [6.45, 7) is 0. The van der Waals surface area contributed by atoms with E-state index in [4.69, 9.17) is 4.74 Å². The molecule has 0 aliphatic heterocycles. The molecule has 0 aromatic carbocycles. The van der Waals surface area contributed by atoms with Crippen molar-refractivity contribution in [3.8, 4) is 5.75 Å². The number of aliphatic hydroxyl groups excluding tert-OH is 1. The Labute approximate surface area is 154 Å². The van der Waals surface area contributed by atoms with E-state index in [-0.39, 0.29) is 30.4 Å². The highest BCUT2D eigenvalue weighted by Gasteiger charge is 2.36. The van der Waals surface area contributed by atoms with Gasteiger partial charge in [0.25, 0.3) is 0 Å². The lowest BCUT2D eigenvalue weighted by Crippen LogP contribution is -2.42. The summed E-state index contributed by atoms with van der Waals surface area (Å²) >= 11 is 1.54. The minimum atomic E-state index is -0.294. The molecule has 0 spiro atoms. The number of amides is 1. The Hall–Kier alpha value is -2.45. The van der Waals surface area contributed by atoms with E-state index in [1.807, 2.05) is 28.2 Å². The summed E-state index contributed by atoms with van der Waals surface area (Å²) in [5.74, 6) is 0.745. The van der Waals surface area contributed by atoms with Crippen molar-refractivity contribution in [3.63, 3.8) is 0 Å². The van der Waals surface area contributed by atoms with Crippen molar-refractivity contribution in [2.45, 2.75) is 31.4 Å². The largest absolute Gasteiger partial charge is 0.495 e. The molecular weight excluding hydrogens is 352 g/mol. The van der Waals surface area contributed by atoms with Crippen LogP contribution in [0.2, 0.25) is 0 Å². The van der Waals surface area contributed by atoms with Gasteiger partial charge in [-0.05, 0) is 30.4 Å². The number of fused-ring (bicyclic) bond motifs is 1. The van der Waals surface area contributed by atoms with E-state index in [0.29, 0.717) is 18.6 Å². The maximum Gasteiger partial charge on any atom is 0.226 e. The molecule has 0 saturated heterocycles. The van der Waals surface area contributed by atoms with Gasteiger partial charge in [-0.2, -0.15) is 0 Å². The second kappa shape index (κ2) is 7.05. The highest BCUT2D eigenvalue weighted by molar-refractivity contribution is 7.15. The van der Waals surface area contributed by atoms with Gasteiger partial charge in [0.15, 0.2) is 4.96 Å². The number of carbonyl (C=O) groups excluding carboxylic acids is 1. The SMILES string of the molecule is COc1cncc([C@@H](NC(=O)Cc2cn3ccsc3n2)C2CC(O)C2)c1. The molecule has 0 radical (unpaired) electrons. The smallest absolute Gasteiger partial charge is 0.226 e. The maximum absolute atomic E-state index is 12.6. The lowest BCUT2D eigenvalue weighted by atomic mass is 9.75. The van der Waals surface area contributed by atoms with Crippen LogP contribution in [0.3, 0.4) is 0 Å². The maximum atomic E-state index is 12.6. The molecule has 8 heteroatoms. The number of pyridine rings is 1. The summed E-state index contributed by atoms with van der Waals surface area (Å²) in [6, 6.07) is 1.69. The second-order valence-electron chi connectivity index (χ2n) is 6.59. The van der Waals surface area contributed by atoms with Crippen LogP contribution in [0, 0.1) is 5.92 Å². The van der Waals surface area contributed by atoms with Crippen LogP contribution in [0.4, 0.5) is 0 Å². The number of rotatable bonds is 6. The van der Waals surface area contributed by atoms with Gasteiger partial charge in [0.2, 0.25) is 5.91 Å². The van der Waals surface area contributed by atoms with Crippen molar-refractivity contribution >= 4 is 22.2 Å². The van der Waals surface area contributed by atoms with Crippen LogP contribution in [0.5, 0.6) is 5.75 Å². The summed E-state index contributed by atoms with van der Waals surface area (Å²) in [5.41, 5.74) is 1.63. The first kappa shape index (κ1) is 17.0. The van der Waals surface area contributed by atoms with Gasteiger partial charge < -0.3 is 15.2 Å². The Bertz CT molecular complexity index is 887. The Morgan fingerprint density at radius 1 is 1.50 bits per heavy atom. The number of aromatic nitrogens is 3. The Balaban J connectivity index is 1.50. The lowest BCUT2D eigenvalue weighted by molar-refractivity contribution is -0.122. The summed E-state index contributed by atoms with van der Waals surface area (Å²) in [6.07, 6.45) is 8.44. The van der Waals surface area contributed by atoms with Crippen molar-refractivity contribution in [3.05, 3.63) is 47.5 Å². The predicted molar refractivity (Wildman–Crippen MR) is 97.2 cm³/mol. The monoisotopic (exact) mass is 372 g/mol. The first-order chi connectivity index (χ1) is 12.6. The summed E-state index contributed by atoms with van der Waals surface area (Å²) in [5, 5.41) is 14.7. The van der Waals surface area contributed by atoms with Crippen molar-refractivity contribution in [2.24, 2.45) is 5.92 Å². The standard InChI is InChI=1S/C18H20N4O3S/c1-25-15-6-12(8-19-9-15)17(11-4-14(23)5-11)21-16(24)7-13-10-22-2-3-26-18(22)20-13/h2-3,6,8-11,14,17,23H,4-5,7H2,1H3,(H,21,24)/t11?,14?,17-/m0/s1. The first-order valence-corrected chi connectivity index (χ1v) is 9.38. The Morgan fingerprint density at radius 2 is 2.35 bits per heavy atom. The van der Waals surface area contributed by atoms with E-state index < -0.39 is 0 Å². The number of ether oxygens (including phenoxy) is 1. The lowest BCUT2D eigenvalue weighted by Gasteiger charge is -2.38. The minimum Gasteiger partial charge on any atom is -0.495 e. The van der Waals surface area contributed by atoms with Gasteiger partial charge in [0, 0.05) is 24.0 Å². The van der Waals surface area contributed by atoms with E-state index in [9.17, 15) is 9.90 Å².